The van der Waals surface area contributed by atoms with Gasteiger partial charge in [0.1, 0.15) is 4.90 Å². The van der Waals surface area contributed by atoms with Gasteiger partial charge in [-0.15, -0.1) is 6.58 Å². The van der Waals surface area contributed by atoms with E-state index in [-0.39, 0.29) is 31.2 Å². The van der Waals surface area contributed by atoms with Crippen LogP contribution in [0.3, 0.4) is 0 Å². The zero-order valence-corrected chi connectivity index (χ0v) is 11.8. The molecule has 1 heterocycles. The molecule has 0 amide bonds. The summed E-state index contributed by atoms with van der Waals surface area (Å²) in [5.74, 6) is 0. The molecule has 0 unspecified atom stereocenters. The van der Waals surface area contributed by atoms with Crippen molar-refractivity contribution < 1.29 is 18.6 Å². The van der Waals surface area contributed by atoms with E-state index in [9.17, 15) is 13.5 Å². The van der Waals surface area contributed by atoms with E-state index in [1.165, 1.54) is 18.3 Å². The number of sulfonamides is 1. The van der Waals surface area contributed by atoms with Crippen LogP contribution in [0.1, 0.15) is 12.6 Å². The Labute approximate surface area is 113 Å². The highest BCUT2D eigenvalue weighted by Crippen LogP contribution is 2.19. The van der Waals surface area contributed by atoms with Crippen molar-refractivity contribution in [3.63, 3.8) is 0 Å². The van der Waals surface area contributed by atoms with E-state index in [4.69, 9.17) is 5.11 Å². The van der Waals surface area contributed by atoms with Crippen LogP contribution in [0.5, 0.6) is 0 Å². The fraction of sp³-hybridized carbons (Fsp3) is 0.500. The standard InChI is InChI=1S/C12H20N2O4S/c1-3-5-14(6-7-15)19(17,18)12-8-11(10-16)13(4-2)9-12/h3,8-9,15-16H,1,4-7,10H2,2H3. The molecule has 108 valence electrons. The van der Waals surface area contributed by atoms with Crippen LogP contribution in [0.25, 0.3) is 0 Å². The first-order chi connectivity index (χ1) is 9.01. The monoisotopic (exact) mass is 288 g/mol. The summed E-state index contributed by atoms with van der Waals surface area (Å²) in [5.41, 5.74) is 0.545. The maximum Gasteiger partial charge on any atom is 0.244 e. The number of rotatable bonds is 8. The normalized spacial score (nSPS) is 12.0. The number of hydrogen-bond acceptors (Lipinski definition) is 4. The molecule has 7 heteroatoms. The van der Waals surface area contributed by atoms with Crippen LogP contribution < -0.4 is 0 Å². The van der Waals surface area contributed by atoms with Crippen LogP contribution in [-0.2, 0) is 23.2 Å². The number of hydrogen-bond donors (Lipinski definition) is 2. The topological polar surface area (TPSA) is 82.8 Å². The van der Waals surface area contributed by atoms with Crippen molar-refractivity contribution >= 4 is 10.0 Å². The Balaban J connectivity index is 3.16. The van der Waals surface area contributed by atoms with Crippen molar-refractivity contribution in [2.45, 2.75) is 25.0 Å². The van der Waals surface area contributed by atoms with Crippen molar-refractivity contribution in [1.29, 1.82) is 0 Å². The Kier molecular flexibility index (Phi) is 5.74. The average molecular weight is 288 g/mol. The van der Waals surface area contributed by atoms with Gasteiger partial charge in [0.15, 0.2) is 0 Å². The molecule has 6 nitrogen and oxygen atoms in total. The van der Waals surface area contributed by atoms with Gasteiger partial charge in [-0.3, -0.25) is 0 Å². The molecule has 0 aromatic carbocycles. The highest BCUT2D eigenvalue weighted by Gasteiger charge is 2.25. The average Bonchev–Trinajstić information content (AvgIpc) is 2.82. The molecule has 0 aliphatic rings. The minimum absolute atomic E-state index is 0.0140. The third-order valence-electron chi connectivity index (χ3n) is 2.78. The maximum absolute atomic E-state index is 12.4. The predicted molar refractivity (Wildman–Crippen MR) is 72.1 cm³/mol. The third kappa shape index (κ3) is 3.44. The Morgan fingerprint density at radius 3 is 2.58 bits per heavy atom. The molecule has 0 bridgehead atoms. The van der Waals surface area contributed by atoms with E-state index in [1.54, 1.807) is 4.57 Å². The molecule has 0 radical (unpaired) electrons. The van der Waals surface area contributed by atoms with Crippen LogP contribution in [0.2, 0.25) is 0 Å². The zero-order valence-electron chi connectivity index (χ0n) is 11.0. The summed E-state index contributed by atoms with van der Waals surface area (Å²) in [7, 11) is -3.68. The number of nitrogens with zero attached hydrogens (tertiary/aromatic N) is 2. The van der Waals surface area contributed by atoms with Crippen molar-refractivity contribution in [2.24, 2.45) is 0 Å². The van der Waals surface area contributed by atoms with Gasteiger partial charge in [-0.1, -0.05) is 6.08 Å². The summed E-state index contributed by atoms with van der Waals surface area (Å²) in [6.07, 6.45) is 2.96. The summed E-state index contributed by atoms with van der Waals surface area (Å²) < 4.78 is 27.6. The summed E-state index contributed by atoms with van der Waals surface area (Å²) in [5, 5.41) is 18.1. The van der Waals surface area contributed by atoms with Gasteiger partial charge >= 0.3 is 0 Å². The van der Waals surface area contributed by atoms with Gasteiger partial charge < -0.3 is 14.8 Å². The molecule has 1 aromatic rings. The van der Waals surface area contributed by atoms with Crippen LogP contribution in [-0.4, -0.2) is 47.2 Å². The SMILES string of the molecule is C=CCN(CCO)S(=O)(=O)c1cc(CO)n(CC)c1. The van der Waals surface area contributed by atoms with Gasteiger partial charge in [-0.05, 0) is 13.0 Å². The highest BCUT2D eigenvalue weighted by molar-refractivity contribution is 7.89. The van der Waals surface area contributed by atoms with E-state index < -0.39 is 10.0 Å². The largest absolute Gasteiger partial charge is 0.395 e. The van der Waals surface area contributed by atoms with Gasteiger partial charge in [0.05, 0.1) is 13.2 Å². The van der Waals surface area contributed by atoms with Crippen molar-refractivity contribution in [2.75, 3.05) is 19.7 Å². The van der Waals surface area contributed by atoms with Gasteiger partial charge in [-0.25, -0.2) is 8.42 Å². The predicted octanol–water partition coefficient (Wildman–Crippen LogP) is 0.169. The first kappa shape index (κ1) is 15.9. The number of aliphatic hydroxyl groups excluding tert-OH is 2. The molecule has 0 saturated heterocycles. The first-order valence-electron chi connectivity index (χ1n) is 6.03. The Morgan fingerprint density at radius 2 is 2.16 bits per heavy atom. The van der Waals surface area contributed by atoms with E-state index in [0.717, 1.165) is 4.31 Å². The van der Waals surface area contributed by atoms with Gasteiger partial charge in [0.25, 0.3) is 0 Å². The van der Waals surface area contributed by atoms with Gasteiger partial charge in [-0.2, -0.15) is 4.31 Å². The molecule has 0 aliphatic heterocycles. The smallest absolute Gasteiger partial charge is 0.244 e. The number of aliphatic hydroxyl groups is 2. The molecular formula is C12H20N2O4S. The van der Waals surface area contributed by atoms with Crippen molar-refractivity contribution in [3.05, 3.63) is 30.6 Å². The lowest BCUT2D eigenvalue weighted by Crippen LogP contribution is -2.33. The fourth-order valence-electron chi connectivity index (χ4n) is 1.81. The fourth-order valence-corrected chi connectivity index (χ4v) is 3.27. The Morgan fingerprint density at radius 1 is 1.47 bits per heavy atom. The minimum atomic E-state index is -3.68. The Bertz CT molecular complexity index is 500. The Hall–Kier alpha value is -1.15. The van der Waals surface area contributed by atoms with E-state index in [0.29, 0.717) is 12.2 Å². The lowest BCUT2D eigenvalue weighted by Gasteiger charge is -2.18. The molecule has 1 aromatic heterocycles. The van der Waals surface area contributed by atoms with Crippen molar-refractivity contribution in [1.82, 2.24) is 8.87 Å². The molecule has 0 fully saturated rings. The second-order valence-electron chi connectivity index (χ2n) is 3.99. The summed E-state index contributed by atoms with van der Waals surface area (Å²) in [6, 6.07) is 1.45. The summed E-state index contributed by atoms with van der Waals surface area (Å²) in [4.78, 5) is 0.119. The quantitative estimate of drug-likeness (QED) is 0.668. The molecule has 0 aliphatic carbocycles. The third-order valence-corrected chi connectivity index (χ3v) is 4.61. The van der Waals surface area contributed by atoms with Crippen LogP contribution in [0, 0.1) is 0 Å². The molecule has 19 heavy (non-hydrogen) atoms. The van der Waals surface area contributed by atoms with E-state index >= 15 is 0 Å². The molecule has 2 N–H and O–H groups in total. The molecule has 0 spiro atoms. The maximum atomic E-state index is 12.4. The lowest BCUT2D eigenvalue weighted by atomic mass is 10.4. The minimum Gasteiger partial charge on any atom is -0.395 e. The lowest BCUT2D eigenvalue weighted by molar-refractivity contribution is 0.260. The van der Waals surface area contributed by atoms with Crippen LogP contribution in [0.15, 0.2) is 29.8 Å². The summed E-state index contributed by atoms with van der Waals surface area (Å²) >= 11 is 0. The molecule has 1 rings (SSSR count). The number of aryl methyl sites for hydroxylation is 1. The second-order valence-corrected chi connectivity index (χ2v) is 5.92. The second kappa shape index (κ2) is 6.85. The van der Waals surface area contributed by atoms with Gasteiger partial charge in [0.2, 0.25) is 10.0 Å². The first-order valence-corrected chi connectivity index (χ1v) is 7.47. The van der Waals surface area contributed by atoms with E-state index in [1.807, 2.05) is 6.92 Å². The molecular weight excluding hydrogens is 268 g/mol. The molecule has 0 atom stereocenters. The molecule has 0 saturated carbocycles. The summed E-state index contributed by atoms with van der Waals surface area (Å²) in [6.45, 7) is 5.63. The zero-order chi connectivity index (χ0) is 14.5. The van der Waals surface area contributed by atoms with E-state index in [2.05, 4.69) is 6.58 Å². The van der Waals surface area contributed by atoms with Gasteiger partial charge in [0, 0.05) is 31.5 Å². The highest BCUT2D eigenvalue weighted by atomic mass is 32.2. The number of aromatic nitrogens is 1. The van der Waals surface area contributed by atoms with Crippen LogP contribution >= 0.6 is 0 Å². The van der Waals surface area contributed by atoms with Crippen LogP contribution in [0.4, 0.5) is 0 Å². The van der Waals surface area contributed by atoms with Crippen molar-refractivity contribution in [3.8, 4) is 0 Å².